The summed E-state index contributed by atoms with van der Waals surface area (Å²) in [6, 6.07) is 15.1. The van der Waals surface area contributed by atoms with E-state index in [9.17, 15) is 9.59 Å². The van der Waals surface area contributed by atoms with Crippen molar-refractivity contribution < 1.29 is 14.7 Å². The second-order valence-corrected chi connectivity index (χ2v) is 6.24. The summed E-state index contributed by atoms with van der Waals surface area (Å²) in [5, 5.41) is 11.9. The van der Waals surface area contributed by atoms with Crippen LogP contribution in [0.3, 0.4) is 0 Å². The second kappa shape index (κ2) is 7.30. The van der Waals surface area contributed by atoms with Gasteiger partial charge in [0.25, 0.3) is 0 Å². The largest absolute Gasteiger partial charge is 0.478 e. The van der Waals surface area contributed by atoms with Crippen molar-refractivity contribution in [3.63, 3.8) is 0 Å². The lowest BCUT2D eigenvalue weighted by Crippen LogP contribution is -2.27. The topological polar surface area (TPSA) is 66.4 Å². The van der Waals surface area contributed by atoms with E-state index in [0.29, 0.717) is 25.3 Å². The third kappa shape index (κ3) is 3.82. The fourth-order valence-corrected chi connectivity index (χ4v) is 3.25. The number of aryl methyl sites for hydroxylation is 2. The van der Waals surface area contributed by atoms with Crippen LogP contribution in [0.15, 0.2) is 48.5 Å². The molecule has 1 aliphatic rings. The Kier molecular flexibility index (Phi) is 4.94. The first-order valence-electron chi connectivity index (χ1n) is 8.30. The summed E-state index contributed by atoms with van der Waals surface area (Å²) in [6.07, 6.45) is 3.22. The number of hydrogen-bond donors (Lipinski definition) is 2. The number of rotatable bonds is 6. The highest BCUT2D eigenvalue weighted by molar-refractivity contribution is 5.87. The molecule has 124 valence electrons. The van der Waals surface area contributed by atoms with E-state index in [-0.39, 0.29) is 11.5 Å². The van der Waals surface area contributed by atoms with Crippen molar-refractivity contribution >= 4 is 11.9 Å². The summed E-state index contributed by atoms with van der Waals surface area (Å²) < 4.78 is 0. The molecule has 2 aromatic carbocycles. The van der Waals surface area contributed by atoms with Gasteiger partial charge in [-0.3, -0.25) is 4.79 Å². The third-order valence-corrected chi connectivity index (χ3v) is 4.64. The van der Waals surface area contributed by atoms with E-state index in [4.69, 9.17) is 5.11 Å². The molecule has 1 amide bonds. The van der Waals surface area contributed by atoms with Crippen LogP contribution in [0.4, 0.5) is 0 Å². The fraction of sp³-hybridized carbons (Fsp3) is 0.300. The highest BCUT2D eigenvalue weighted by Crippen LogP contribution is 2.32. The van der Waals surface area contributed by atoms with Crippen LogP contribution >= 0.6 is 0 Å². The predicted molar refractivity (Wildman–Crippen MR) is 92.2 cm³/mol. The lowest BCUT2D eigenvalue weighted by molar-refractivity contribution is -0.121. The van der Waals surface area contributed by atoms with Crippen molar-refractivity contribution in [1.82, 2.24) is 5.32 Å². The lowest BCUT2D eigenvalue weighted by atomic mass is 10.0. The van der Waals surface area contributed by atoms with Crippen LogP contribution in [0.25, 0.3) is 0 Å². The number of carbonyl (C=O) groups excluding carboxylic acids is 1. The second-order valence-electron chi connectivity index (χ2n) is 6.24. The van der Waals surface area contributed by atoms with Gasteiger partial charge in [-0.05, 0) is 48.1 Å². The highest BCUT2D eigenvalue weighted by Gasteiger charge is 2.21. The molecule has 0 bridgehead atoms. The Morgan fingerprint density at radius 2 is 1.83 bits per heavy atom. The predicted octanol–water partition coefficient (Wildman–Crippen LogP) is 3.16. The van der Waals surface area contributed by atoms with E-state index < -0.39 is 5.97 Å². The smallest absolute Gasteiger partial charge is 0.335 e. The zero-order chi connectivity index (χ0) is 16.9. The van der Waals surface area contributed by atoms with Crippen LogP contribution in [0, 0.1) is 0 Å². The summed E-state index contributed by atoms with van der Waals surface area (Å²) in [4.78, 5) is 22.9. The summed E-state index contributed by atoms with van der Waals surface area (Å²) in [5.74, 6) is -0.474. The molecule has 1 aliphatic carbocycles. The lowest BCUT2D eigenvalue weighted by Gasteiger charge is -2.13. The Morgan fingerprint density at radius 3 is 2.58 bits per heavy atom. The number of nitrogens with one attached hydrogen (secondary N) is 1. The van der Waals surface area contributed by atoms with Crippen molar-refractivity contribution in [2.24, 2.45) is 0 Å². The average molecular weight is 323 g/mol. The number of aromatic carboxylic acids is 1. The molecular formula is C20H21NO3. The Balaban J connectivity index is 1.46. The number of amides is 1. The van der Waals surface area contributed by atoms with Crippen LogP contribution in [0.5, 0.6) is 0 Å². The molecular weight excluding hydrogens is 302 g/mol. The van der Waals surface area contributed by atoms with Crippen molar-refractivity contribution in [3.8, 4) is 0 Å². The number of carboxylic acid groups (broad SMARTS) is 1. The van der Waals surface area contributed by atoms with E-state index in [1.54, 1.807) is 24.3 Å². The number of benzene rings is 2. The molecule has 1 unspecified atom stereocenters. The molecule has 2 aromatic rings. The molecule has 0 spiro atoms. The first-order chi connectivity index (χ1) is 11.6. The molecule has 0 heterocycles. The number of carboxylic acids is 1. The Hall–Kier alpha value is -2.62. The third-order valence-electron chi connectivity index (χ3n) is 4.64. The molecule has 0 aromatic heterocycles. The van der Waals surface area contributed by atoms with E-state index in [1.165, 1.54) is 11.1 Å². The Bertz CT molecular complexity index is 737. The fourth-order valence-electron chi connectivity index (χ4n) is 3.25. The van der Waals surface area contributed by atoms with E-state index in [0.717, 1.165) is 18.4 Å². The maximum atomic E-state index is 12.1. The molecule has 0 aliphatic heterocycles. The minimum atomic E-state index is -0.934. The van der Waals surface area contributed by atoms with Crippen molar-refractivity contribution in [2.75, 3.05) is 6.54 Å². The van der Waals surface area contributed by atoms with Crippen molar-refractivity contribution in [2.45, 2.75) is 31.6 Å². The van der Waals surface area contributed by atoms with Gasteiger partial charge in [-0.2, -0.15) is 0 Å². The minimum Gasteiger partial charge on any atom is -0.478 e. The van der Waals surface area contributed by atoms with Gasteiger partial charge in [-0.25, -0.2) is 4.79 Å². The van der Waals surface area contributed by atoms with Gasteiger partial charge in [0, 0.05) is 18.9 Å². The molecule has 0 fully saturated rings. The molecule has 24 heavy (non-hydrogen) atoms. The van der Waals surface area contributed by atoms with Crippen molar-refractivity contribution in [1.29, 1.82) is 0 Å². The van der Waals surface area contributed by atoms with Crippen molar-refractivity contribution in [3.05, 3.63) is 70.8 Å². The molecule has 3 rings (SSSR count). The SMILES string of the molecule is O=C(CCc1ccc(C(=O)O)cc1)NCC1CCc2ccccc21. The molecule has 4 heteroatoms. The quantitative estimate of drug-likeness (QED) is 0.858. The highest BCUT2D eigenvalue weighted by atomic mass is 16.4. The first-order valence-corrected chi connectivity index (χ1v) is 8.30. The van der Waals surface area contributed by atoms with E-state index in [2.05, 4.69) is 29.6 Å². The minimum absolute atomic E-state index is 0.0432. The zero-order valence-corrected chi connectivity index (χ0v) is 13.5. The van der Waals surface area contributed by atoms with Gasteiger partial charge >= 0.3 is 5.97 Å². The van der Waals surface area contributed by atoms with Gasteiger partial charge in [-0.15, -0.1) is 0 Å². The monoisotopic (exact) mass is 323 g/mol. The van der Waals surface area contributed by atoms with Crippen LogP contribution in [0.1, 0.15) is 45.8 Å². The van der Waals surface area contributed by atoms with E-state index >= 15 is 0 Å². The molecule has 1 atom stereocenters. The summed E-state index contributed by atoms with van der Waals surface area (Å²) in [7, 11) is 0. The van der Waals surface area contributed by atoms with Gasteiger partial charge in [-0.1, -0.05) is 36.4 Å². The van der Waals surface area contributed by atoms with Gasteiger partial charge < -0.3 is 10.4 Å². The Labute approximate surface area is 141 Å². The number of fused-ring (bicyclic) bond motifs is 1. The number of carbonyl (C=O) groups is 2. The molecule has 0 saturated heterocycles. The molecule has 0 radical (unpaired) electrons. The normalized spacial score (nSPS) is 15.8. The summed E-state index contributed by atoms with van der Waals surface area (Å²) in [5.41, 5.74) is 4.00. The van der Waals surface area contributed by atoms with Crippen LogP contribution in [0.2, 0.25) is 0 Å². The Morgan fingerprint density at radius 1 is 1.08 bits per heavy atom. The van der Waals surface area contributed by atoms with E-state index in [1.807, 2.05) is 0 Å². The maximum absolute atomic E-state index is 12.1. The van der Waals surface area contributed by atoms with Gasteiger partial charge in [0.15, 0.2) is 0 Å². The standard InChI is InChI=1S/C20H21NO3/c22-19(12-7-14-5-8-16(9-6-14)20(23)24)21-13-17-11-10-15-3-1-2-4-18(15)17/h1-6,8-9,17H,7,10-13H2,(H,21,22)(H,23,24). The summed E-state index contributed by atoms with van der Waals surface area (Å²) >= 11 is 0. The number of hydrogen-bond acceptors (Lipinski definition) is 2. The molecule has 0 saturated carbocycles. The van der Waals surface area contributed by atoms with Crippen LogP contribution in [-0.2, 0) is 17.6 Å². The van der Waals surface area contributed by atoms with Gasteiger partial charge in [0.1, 0.15) is 0 Å². The summed E-state index contributed by atoms with van der Waals surface area (Å²) in [6.45, 7) is 0.688. The van der Waals surface area contributed by atoms with Crippen LogP contribution < -0.4 is 5.32 Å². The average Bonchev–Trinajstić information content (AvgIpc) is 3.01. The zero-order valence-electron chi connectivity index (χ0n) is 13.5. The van der Waals surface area contributed by atoms with Crippen LogP contribution in [-0.4, -0.2) is 23.5 Å². The van der Waals surface area contributed by atoms with Gasteiger partial charge in [0.2, 0.25) is 5.91 Å². The van der Waals surface area contributed by atoms with Gasteiger partial charge in [0.05, 0.1) is 5.56 Å². The first kappa shape index (κ1) is 16.2. The molecule has 4 nitrogen and oxygen atoms in total. The molecule has 2 N–H and O–H groups in total. The maximum Gasteiger partial charge on any atom is 0.335 e.